The molecule has 4 rings (SSSR count). The second-order valence-corrected chi connectivity index (χ2v) is 7.82. The van der Waals surface area contributed by atoms with Crippen LogP contribution in [0.2, 0.25) is 0 Å². The molecule has 0 aromatic rings. The van der Waals surface area contributed by atoms with Crippen LogP contribution in [0.5, 0.6) is 0 Å². The lowest BCUT2D eigenvalue weighted by atomic mass is 9.49. The van der Waals surface area contributed by atoms with Crippen LogP contribution in [0, 0.1) is 23.2 Å². The fourth-order valence-electron chi connectivity index (χ4n) is 5.07. The molecule has 0 aromatic carbocycles. The van der Waals surface area contributed by atoms with E-state index in [9.17, 15) is 0 Å². The standard InChI is InChI=1S/C16H26N2S/c1-11(2)9-17-15(19)18-10-16-6-12-3-13(7-16)5-14(4-12)8-16/h12-14H,1,3-10H2,2H3,(H2,17,18,19). The van der Waals surface area contributed by atoms with Crippen LogP contribution in [0.4, 0.5) is 0 Å². The first-order valence-corrected chi connectivity index (χ1v) is 8.12. The summed E-state index contributed by atoms with van der Waals surface area (Å²) in [5, 5.41) is 7.51. The van der Waals surface area contributed by atoms with E-state index in [1.165, 1.54) is 38.5 Å². The molecule has 0 aromatic heterocycles. The Kier molecular flexibility index (Phi) is 3.59. The van der Waals surface area contributed by atoms with Crippen molar-refractivity contribution < 1.29 is 0 Å². The summed E-state index contributed by atoms with van der Waals surface area (Å²) >= 11 is 5.36. The Morgan fingerprint density at radius 3 is 2.11 bits per heavy atom. The Morgan fingerprint density at radius 1 is 1.11 bits per heavy atom. The van der Waals surface area contributed by atoms with Crippen LogP contribution in [0.3, 0.4) is 0 Å². The highest BCUT2D eigenvalue weighted by Crippen LogP contribution is 2.59. The highest BCUT2D eigenvalue weighted by Gasteiger charge is 2.50. The van der Waals surface area contributed by atoms with Crippen molar-refractivity contribution in [3.05, 3.63) is 12.2 Å². The molecule has 0 atom stereocenters. The maximum atomic E-state index is 5.36. The molecule has 0 spiro atoms. The van der Waals surface area contributed by atoms with Gasteiger partial charge < -0.3 is 10.6 Å². The third-order valence-electron chi connectivity index (χ3n) is 5.34. The quantitative estimate of drug-likeness (QED) is 0.610. The van der Waals surface area contributed by atoms with Gasteiger partial charge in [0.25, 0.3) is 0 Å². The fraction of sp³-hybridized carbons (Fsp3) is 0.812. The lowest BCUT2D eigenvalue weighted by molar-refractivity contribution is -0.0491. The van der Waals surface area contributed by atoms with Crippen molar-refractivity contribution in [1.29, 1.82) is 0 Å². The van der Waals surface area contributed by atoms with E-state index in [-0.39, 0.29) is 0 Å². The van der Waals surface area contributed by atoms with E-state index in [1.54, 1.807) is 0 Å². The third kappa shape index (κ3) is 2.96. The average molecular weight is 278 g/mol. The van der Waals surface area contributed by atoms with Crippen LogP contribution in [0.15, 0.2) is 12.2 Å². The summed E-state index contributed by atoms with van der Waals surface area (Å²) in [7, 11) is 0. The molecule has 3 heteroatoms. The molecule has 4 fully saturated rings. The Bertz CT molecular complexity index is 353. The molecular formula is C16H26N2S. The Labute approximate surface area is 122 Å². The summed E-state index contributed by atoms with van der Waals surface area (Å²) in [5.41, 5.74) is 1.68. The molecule has 4 aliphatic carbocycles. The first-order valence-electron chi connectivity index (χ1n) is 7.71. The molecule has 0 heterocycles. The molecule has 19 heavy (non-hydrogen) atoms. The van der Waals surface area contributed by atoms with Gasteiger partial charge in [-0.1, -0.05) is 12.2 Å². The van der Waals surface area contributed by atoms with E-state index in [4.69, 9.17) is 12.2 Å². The van der Waals surface area contributed by atoms with Crippen LogP contribution in [-0.2, 0) is 0 Å². The predicted molar refractivity (Wildman–Crippen MR) is 84.0 cm³/mol. The number of hydrogen-bond acceptors (Lipinski definition) is 1. The van der Waals surface area contributed by atoms with E-state index in [2.05, 4.69) is 17.2 Å². The Morgan fingerprint density at radius 2 is 1.63 bits per heavy atom. The van der Waals surface area contributed by atoms with Crippen molar-refractivity contribution in [2.24, 2.45) is 23.2 Å². The minimum Gasteiger partial charge on any atom is -0.362 e. The van der Waals surface area contributed by atoms with Crippen molar-refractivity contribution in [2.45, 2.75) is 45.4 Å². The van der Waals surface area contributed by atoms with Crippen LogP contribution in [-0.4, -0.2) is 18.2 Å². The first-order chi connectivity index (χ1) is 9.05. The second-order valence-electron chi connectivity index (χ2n) is 7.41. The summed E-state index contributed by atoms with van der Waals surface area (Å²) in [4.78, 5) is 0. The van der Waals surface area contributed by atoms with Gasteiger partial charge in [0.2, 0.25) is 0 Å². The van der Waals surface area contributed by atoms with Gasteiger partial charge in [-0.05, 0) is 80.8 Å². The van der Waals surface area contributed by atoms with Gasteiger partial charge in [0, 0.05) is 13.1 Å². The zero-order valence-electron chi connectivity index (χ0n) is 12.0. The largest absolute Gasteiger partial charge is 0.362 e. The molecular weight excluding hydrogens is 252 g/mol. The van der Waals surface area contributed by atoms with E-state index >= 15 is 0 Å². The van der Waals surface area contributed by atoms with E-state index in [0.29, 0.717) is 5.41 Å². The highest BCUT2D eigenvalue weighted by molar-refractivity contribution is 7.80. The summed E-state index contributed by atoms with van der Waals surface area (Å²) in [5.74, 6) is 3.06. The molecule has 0 aliphatic heterocycles. The van der Waals surface area contributed by atoms with E-state index in [1.807, 2.05) is 6.92 Å². The van der Waals surface area contributed by atoms with Gasteiger partial charge in [0.1, 0.15) is 0 Å². The lowest BCUT2D eigenvalue weighted by Gasteiger charge is -2.57. The number of nitrogens with one attached hydrogen (secondary N) is 2. The zero-order valence-corrected chi connectivity index (χ0v) is 12.8. The maximum Gasteiger partial charge on any atom is 0.166 e. The van der Waals surface area contributed by atoms with E-state index < -0.39 is 0 Å². The van der Waals surface area contributed by atoms with Gasteiger partial charge in [-0.25, -0.2) is 0 Å². The number of rotatable bonds is 4. The molecule has 0 amide bonds. The van der Waals surface area contributed by atoms with Crippen molar-refractivity contribution in [1.82, 2.24) is 10.6 Å². The van der Waals surface area contributed by atoms with Crippen LogP contribution in [0.1, 0.15) is 45.4 Å². The summed E-state index contributed by atoms with van der Waals surface area (Å²) in [6, 6.07) is 0. The molecule has 2 nitrogen and oxygen atoms in total. The molecule has 4 aliphatic rings. The Balaban J connectivity index is 1.52. The van der Waals surface area contributed by atoms with E-state index in [0.717, 1.165) is 41.5 Å². The summed E-state index contributed by atoms with van der Waals surface area (Å²) < 4.78 is 0. The van der Waals surface area contributed by atoms with Gasteiger partial charge in [-0.2, -0.15) is 0 Å². The zero-order chi connectivity index (χ0) is 13.5. The average Bonchev–Trinajstić information content (AvgIpc) is 2.32. The van der Waals surface area contributed by atoms with Crippen molar-refractivity contribution in [3.8, 4) is 0 Å². The van der Waals surface area contributed by atoms with Crippen molar-refractivity contribution in [2.75, 3.05) is 13.1 Å². The third-order valence-corrected chi connectivity index (χ3v) is 5.63. The first kappa shape index (κ1) is 13.4. The van der Waals surface area contributed by atoms with Gasteiger partial charge >= 0.3 is 0 Å². The molecule has 0 radical (unpaired) electrons. The minimum atomic E-state index is 0.559. The topological polar surface area (TPSA) is 24.1 Å². The van der Waals surface area contributed by atoms with Gasteiger partial charge in [0.05, 0.1) is 0 Å². The van der Waals surface area contributed by atoms with Crippen LogP contribution in [0.25, 0.3) is 0 Å². The summed E-state index contributed by atoms with van der Waals surface area (Å²) in [6.45, 7) is 7.78. The Hall–Kier alpha value is -0.570. The van der Waals surface area contributed by atoms with Crippen molar-refractivity contribution >= 4 is 17.3 Å². The molecule has 2 N–H and O–H groups in total. The molecule has 106 valence electrons. The monoisotopic (exact) mass is 278 g/mol. The number of hydrogen-bond donors (Lipinski definition) is 2. The minimum absolute atomic E-state index is 0.559. The fourth-order valence-corrected chi connectivity index (χ4v) is 5.21. The van der Waals surface area contributed by atoms with Crippen LogP contribution >= 0.6 is 12.2 Å². The van der Waals surface area contributed by atoms with Gasteiger partial charge in [-0.15, -0.1) is 0 Å². The van der Waals surface area contributed by atoms with Gasteiger partial charge in [0.15, 0.2) is 5.11 Å². The molecule has 4 saturated carbocycles. The highest BCUT2D eigenvalue weighted by atomic mass is 32.1. The molecule has 0 unspecified atom stereocenters. The number of thiocarbonyl (C=S) groups is 1. The van der Waals surface area contributed by atoms with Gasteiger partial charge in [-0.3, -0.25) is 0 Å². The smallest absolute Gasteiger partial charge is 0.166 e. The molecule has 0 saturated heterocycles. The predicted octanol–water partition coefficient (Wildman–Crippen LogP) is 3.24. The molecule has 4 bridgehead atoms. The SMILES string of the molecule is C=C(C)CNC(=S)NCC12CC3CC(CC(C3)C1)C2. The van der Waals surface area contributed by atoms with Crippen molar-refractivity contribution in [3.63, 3.8) is 0 Å². The van der Waals surface area contributed by atoms with Crippen LogP contribution < -0.4 is 10.6 Å². The maximum absolute atomic E-state index is 5.36. The normalized spacial score (nSPS) is 39.1. The second kappa shape index (κ2) is 5.08. The lowest BCUT2D eigenvalue weighted by Crippen LogP contribution is -2.52. The summed E-state index contributed by atoms with van der Waals surface area (Å²) in [6.07, 6.45) is 8.85.